The predicted molar refractivity (Wildman–Crippen MR) is 64.1 cm³/mol. The molecule has 0 heterocycles. The molecule has 0 fully saturated rings. The van der Waals surface area contributed by atoms with Gasteiger partial charge in [-0.1, -0.05) is 18.2 Å². The molecule has 0 aliphatic carbocycles. The summed E-state index contributed by atoms with van der Waals surface area (Å²) in [6, 6.07) is 8.59. The van der Waals surface area contributed by atoms with Crippen LogP contribution in [0, 0.1) is 0 Å². The van der Waals surface area contributed by atoms with Gasteiger partial charge in [0.2, 0.25) is 0 Å². The summed E-state index contributed by atoms with van der Waals surface area (Å²) in [5, 5.41) is 3.43. The first-order valence-corrected chi connectivity index (χ1v) is 5.23. The van der Waals surface area contributed by atoms with E-state index in [2.05, 4.69) is 31.0 Å². The lowest BCUT2D eigenvalue weighted by atomic mass is 10.2. The second-order valence-electron chi connectivity index (χ2n) is 3.65. The van der Waals surface area contributed by atoms with Gasteiger partial charge in [0, 0.05) is 12.6 Å². The minimum Gasteiger partial charge on any atom is -0.497 e. The van der Waals surface area contributed by atoms with Crippen molar-refractivity contribution in [3.05, 3.63) is 42.5 Å². The van der Waals surface area contributed by atoms with Gasteiger partial charge in [0.25, 0.3) is 0 Å². The van der Waals surface area contributed by atoms with Gasteiger partial charge in [0.15, 0.2) is 0 Å². The molecular weight excluding hydrogens is 186 g/mol. The Labute approximate surface area is 92.0 Å². The molecule has 0 saturated heterocycles. The maximum atomic E-state index is 5.10. The molecule has 82 valence electrons. The van der Waals surface area contributed by atoms with E-state index in [4.69, 9.17) is 4.74 Å². The molecule has 0 aliphatic heterocycles. The van der Waals surface area contributed by atoms with Gasteiger partial charge in [-0.2, -0.15) is 0 Å². The summed E-state index contributed by atoms with van der Waals surface area (Å²) in [5.74, 6) is 0.901. The van der Waals surface area contributed by atoms with Crippen molar-refractivity contribution in [1.29, 1.82) is 0 Å². The quantitative estimate of drug-likeness (QED) is 0.721. The molecule has 1 rings (SSSR count). The molecule has 0 spiro atoms. The highest BCUT2D eigenvalue weighted by Gasteiger charge is 1.99. The summed E-state index contributed by atoms with van der Waals surface area (Å²) >= 11 is 0. The van der Waals surface area contributed by atoms with E-state index in [1.165, 1.54) is 5.56 Å². The molecule has 15 heavy (non-hydrogen) atoms. The highest BCUT2D eigenvalue weighted by atomic mass is 16.5. The molecule has 0 radical (unpaired) electrons. The van der Waals surface area contributed by atoms with Crippen LogP contribution in [0.5, 0.6) is 5.75 Å². The van der Waals surface area contributed by atoms with Gasteiger partial charge in [0.1, 0.15) is 5.75 Å². The number of methoxy groups -OCH3 is 1. The Bertz CT molecular complexity index is 292. The zero-order valence-electron chi connectivity index (χ0n) is 9.49. The Balaban J connectivity index is 2.40. The summed E-state index contributed by atoms with van der Waals surface area (Å²) < 4.78 is 5.10. The van der Waals surface area contributed by atoms with Crippen LogP contribution < -0.4 is 10.1 Å². The summed E-state index contributed by atoms with van der Waals surface area (Å²) in [6.07, 6.45) is 2.93. The van der Waals surface area contributed by atoms with Crippen LogP contribution in [0.3, 0.4) is 0 Å². The molecule has 1 atom stereocenters. The number of nitrogens with one attached hydrogen (secondary N) is 1. The monoisotopic (exact) mass is 205 g/mol. The Hall–Kier alpha value is -1.28. The lowest BCUT2D eigenvalue weighted by Gasteiger charge is -2.11. The first kappa shape index (κ1) is 11.8. The minimum atomic E-state index is 0.476. The SMILES string of the molecule is C=CCC(C)NCc1ccc(OC)cc1. The van der Waals surface area contributed by atoms with Crippen LogP contribution in [0.15, 0.2) is 36.9 Å². The van der Waals surface area contributed by atoms with Crippen molar-refractivity contribution in [1.82, 2.24) is 5.32 Å². The maximum Gasteiger partial charge on any atom is 0.118 e. The predicted octanol–water partition coefficient (Wildman–Crippen LogP) is 2.75. The van der Waals surface area contributed by atoms with Gasteiger partial charge < -0.3 is 10.1 Å². The van der Waals surface area contributed by atoms with Crippen molar-refractivity contribution in [3.63, 3.8) is 0 Å². The largest absolute Gasteiger partial charge is 0.497 e. The highest BCUT2D eigenvalue weighted by molar-refractivity contribution is 5.27. The van der Waals surface area contributed by atoms with Gasteiger partial charge in [-0.3, -0.25) is 0 Å². The third-order valence-corrected chi connectivity index (χ3v) is 2.33. The van der Waals surface area contributed by atoms with E-state index in [1.807, 2.05) is 18.2 Å². The van der Waals surface area contributed by atoms with Crippen LogP contribution in [0.4, 0.5) is 0 Å². The van der Waals surface area contributed by atoms with Gasteiger partial charge in [-0.25, -0.2) is 0 Å². The number of benzene rings is 1. The van der Waals surface area contributed by atoms with E-state index in [1.54, 1.807) is 7.11 Å². The Morgan fingerprint density at radius 1 is 1.40 bits per heavy atom. The van der Waals surface area contributed by atoms with Crippen molar-refractivity contribution >= 4 is 0 Å². The second kappa shape index (κ2) is 6.25. The summed E-state index contributed by atoms with van der Waals surface area (Å²) in [7, 11) is 1.68. The Morgan fingerprint density at radius 2 is 2.07 bits per heavy atom. The van der Waals surface area contributed by atoms with Crippen LogP contribution in [-0.2, 0) is 6.54 Å². The molecule has 0 aromatic heterocycles. The van der Waals surface area contributed by atoms with Gasteiger partial charge in [0.05, 0.1) is 7.11 Å². The second-order valence-corrected chi connectivity index (χ2v) is 3.65. The number of hydrogen-bond acceptors (Lipinski definition) is 2. The molecule has 1 unspecified atom stereocenters. The summed E-state index contributed by atoms with van der Waals surface area (Å²) in [4.78, 5) is 0. The van der Waals surface area contributed by atoms with Crippen molar-refractivity contribution in [2.24, 2.45) is 0 Å². The zero-order chi connectivity index (χ0) is 11.1. The molecule has 0 amide bonds. The Kier molecular flexibility index (Phi) is 4.91. The zero-order valence-corrected chi connectivity index (χ0v) is 9.49. The smallest absolute Gasteiger partial charge is 0.118 e. The maximum absolute atomic E-state index is 5.10. The van der Waals surface area contributed by atoms with E-state index in [0.717, 1.165) is 18.7 Å². The third kappa shape index (κ3) is 4.17. The van der Waals surface area contributed by atoms with E-state index in [0.29, 0.717) is 6.04 Å². The highest BCUT2D eigenvalue weighted by Crippen LogP contribution is 2.11. The fourth-order valence-electron chi connectivity index (χ4n) is 1.37. The standard InChI is InChI=1S/C13H19NO/c1-4-5-11(2)14-10-12-6-8-13(15-3)9-7-12/h4,6-9,11,14H,1,5,10H2,2-3H3. The minimum absolute atomic E-state index is 0.476. The summed E-state index contributed by atoms with van der Waals surface area (Å²) in [6.45, 7) is 6.77. The number of hydrogen-bond donors (Lipinski definition) is 1. The van der Waals surface area contributed by atoms with Crippen molar-refractivity contribution in [2.45, 2.75) is 25.9 Å². The van der Waals surface area contributed by atoms with Crippen LogP contribution in [-0.4, -0.2) is 13.2 Å². The van der Waals surface area contributed by atoms with Gasteiger partial charge in [-0.15, -0.1) is 6.58 Å². The van der Waals surface area contributed by atoms with Gasteiger partial charge in [-0.05, 0) is 31.0 Å². The molecule has 1 aromatic carbocycles. The van der Waals surface area contributed by atoms with E-state index >= 15 is 0 Å². The lowest BCUT2D eigenvalue weighted by Crippen LogP contribution is -2.24. The van der Waals surface area contributed by atoms with E-state index in [-0.39, 0.29) is 0 Å². The number of ether oxygens (including phenoxy) is 1. The van der Waals surface area contributed by atoms with E-state index in [9.17, 15) is 0 Å². The third-order valence-electron chi connectivity index (χ3n) is 2.33. The molecule has 1 N–H and O–H groups in total. The fraction of sp³-hybridized carbons (Fsp3) is 0.385. The average molecular weight is 205 g/mol. The molecule has 0 aliphatic rings. The lowest BCUT2D eigenvalue weighted by molar-refractivity contribution is 0.414. The number of rotatable bonds is 6. The molecule has 2 heteroatoms. The fourth-order valence-corrected chi connectivity index (χ4v) is 1.37. The molecule has 0 saturated carbocycles. The normalized spacial score (nSPS) is 12.1. The first-order valence-electron chi connectivity index (χ1n) is 5.23. The van der Waals surface area contributed by atoms with Crippen LogP contribution in [0.1, 0.15) is 18.9 Å². The topological polar surface area (TPSA) is 21.3 Å². The molecule has 2 nitrogen and oxygen atoms in total. The van der Waals surface area contributed by atoms with Crippen molar-refractivity contribution in [3.8, 4) is 5.75 Å². The van der Waals surface area contributed by atoms with E-state index < -0.39 is 0 Å². The van der Waals surface area contributed by atoms with Crippen LogP contribution in [0.2, 0.25) is 0 Å². The van der Waals surface area contributed by atoms with Crippen LogP contribution in [0.25, 0.3) is 0 Å². The van der Waals surface area contributed by atoms with Crippen molar-refractivity contribution in [2.75, 3.05) is 7.11 Å². The molecular formula is C13H19NO. The Morgan fingerprint density at radius 3 is 2.60 bits per heavy atom. The van der Waals surface area contributed by atoms with Gasteiger partial charge >= 0.3 is 0 Å². The van der Waals surface area contributed by atoms with Crippen LogP contribution >= 0.6 is 0 Å². The molecule has 0 bridgehead atoms. The van der Waals surface area contributed by atoms with Crippen molar-refractivity contribution < 1.29 is 4.74 Å². The molecule has 1 aromatic rings. The summed E-state index contributed by atoms with van der Waals surface area (Å²) in [5.41, 5.74) is 1.27. The first-order chi connectivity index (χ1) is 7.26. The average Bonchev–Trinajstić information content (AvgIpc) is 2.27.